The van der Waals surface area contributed by atoms with Gasteiger partial charge < -0.3 is 10.2 Å². The molecule has 1 aliphatic carbocycles. The molecule has 0 aliphatic heterocycles. The van der Waals surface area contributed by atoms with Gasteiger partial charge in [0.25, 0.3) is 0 Å². The number of benzene rings is 1. The molecule has 3 rings (SSSR count). The number of hydrogen-bond acceptors (Lipinski definition) is 3. The molecular weight excluding hydrogens is 389 g/mol. The van der Waals surface area contributed by atoms with Crippen LogP contribution in [0.15, 0.2) is 47.8 Å². The van der Waals surface area contributed by atoms with Gasteiger partial charge in [0.1, 0.15) is 6.04 Å². The second kappa shape index (κ2) is 8.77. The monoisotopic (exact) mass is 410 g/mol. The standard InChI is InChI=1S/C20H21F3N2O2S/c21-20(22,23)19(27)25(13-14-7-2-1-3-8-14)17(16-11-6-12-28-16)18(26)24-15-9-4-5-10-15/h1-3,6-8,11-12,15,17H,4-5,9-10,13H2,(H,24,26)/t17-/m1/s1. The normalized spacial score (nSPS) is 16.0. The fourth-order valence-corrected chi connectivity index (χ4v) is 4.28. The molecule has 1 aliphatic rings. The number of carbonyl (C=O) groups excluding carboxylic acids is 2. The fraction of sp³-hybridized carbons (Fsp3) is 0.400. The minimum atomic E-state index is -5.07. The molecule has 1 saturated carbocycles. The Hall–Kier alpha value is -2.35. The Kier molecular flexibility index (Phi) is 6.39. The zero-order chi connectivity index (χ0) is 20.1. The summed E-state index contributed by atoms with van der Waals surface area (Å²) in [5.74, 6) is -2.58. The van der Waals surface area contributed by atoms with E-state index < -0.39 is 24.0 Å². The zero-order valence-electron chi connectivity index (χ0n) is 15.1. The maximum Gasteiger partial charge on any atom is 0.471 e. The summed E-state index contributed by atoms with van der Waals surface area (Å²) in [6, 6.07) is 10.2. The fourth-order valence-electron chi connectivity index (χ4n) is 3.44. The predicted octanol–water partition coefficient (Wildman–Crippen LogP) is 4.44. The van der Waals surface area contributed by atoms with Crippen molar-refractivity contribution in [2.24, 2.45) is 0 Å². The highest BCUT2D eigenvalue weighted by atomic mass is 32.1. The molecule has 2 aromatic rings. The van der Waals surface area contributed by atoms with Gasteiger partial charge in [0.2, 0.25) is 5.91 Å². The summed E-state index contributed by atoms with van der Waals surface area (Å²) in [5.41, 5.74) is 0.523. The van der Waals surface area contributed by atoms with Crippen LogP contribution in [0.3, 0.4) is 0 Å². The van der Waals surface area contributed by atoms with E-state index in [0.29, 0.717) is 15.3 Å². The lowest BCUT2D eigenvalue weighted by Gasteiger charge is -2.32. The number of nitrogens with zero attached hydrogens (tertiary/aromatic N) is 1. The van der Waals surface area contributed by atoms with Crippen LogP contribution in [0.25, 0.3) is 0 Å². The van der Waals surface area contributed by atoms with Crippen LogP contribution in [-0.4, -0.2) is 28.9 Å². The van der Waals surface area contributed by atoms with E-state index in [1.165, 1.54) is 0 Å². The lowest BCUT2D eigenvalue weighted by atomic mass is 10.1. The summed E-state index contributed by atoms with van der Waals surface area (Å²) >= 11 is 1.16. The average molecular weight is 410 g/mol. The van der Waals surface area contributed by atoms with Crippen molar-refractivity contribution in [2.75, 3.05) is 0 Å². The van der Waals surface area contributed by atoms with E-state index >= 15 is 0 Å². The first-order valence-corrected chi connectivity index (χ1v) is 9.99. The Bertz CT molecular complexity index is 788. The van der Waals surface area contributed by atoms with E-state index in [0.717, 1.165) is 37.0 Å². The van der Waals surface area contributed by atoms with E-state index in [9.17, 15) is 22.8 Å². The number of halogens is 3. The van der Waals surface area contributed by atoms with Crippen molar-refractivity contribution in [1.29, 1.82) is 0 Å². The van der Waals surface area contributed by atoms with Gasteiger partial charge in [-0.05, 0) is 29.9 Å². The first-order chi connectivity index (χ1) is 13.4. The highest BCUT2D eigenvalue weighted by Gasteiger charge is 2.47. The van der Waals surface area contributed by atoms with Gasteiger partial charge >= 0.3 is 12.1 Å². The number of nitrogens with one attached hydrogen (secondary N) is 1. The minimum Gasteiger partial charge on any atom is -0.351 e. The van der Waals surface area contributed by atoms with Crippen LogP contribution in [-0.2, 0) is 16.1 Å². The van der Waals surface area contributed by atoms with E-state index in [1.54, 1.807) is 47.8 Å². The highest BCUT2D eigenvalue weighted by molar-refractivity contribution is 7.10. The van der Waals surface area contributed by atoms with Gasteiger partial charge in [-0.2, -0.15) is 13.2 Å². The summed E-state index contributed by atoms with van der Waals surface area (Å²) in [4.78, 5) is 26.3. The quantitative estimate of drug-likeness (QED) is 0.766. The molecule has 1 aromatic heterocycles. The molecule has 1 N–H and O–H groups in total. The van der Waals surface area contributed by atoms with Crippen LogP contribution in [0.2, 0.25) is 0 Å². The van der Waals surface area contributed by atoms with Gasteiger partial charge in [-0.15, -0.1) is 11.3 Å². The Morgan fingerprint density at radius 2 is 1.79 bits per heavy atom. The molecule has 0 bridgehead atoms. The molecule has 28 heavy (non-hydrogen) atoms. The summed E-state index contributed by atoms with van der Waals surface area (Å²) in [5, 5.41) is 4.53. The molecule has 1 fully saturated rings. The second-order valence-electron chi connectivity index (χ2n) is 6.82. The summed E-state index contributed by atoms with van der Waals surface area (Å²) in [6.45, 7) is -0.306. The Morgan fingerprint density at radius 3 is 2.36 bits per heavy atom. The number of hydrogen-bond donors (Lipinski definition) is 1. The van der Waals surface area contributed by atoms with Crippen molar-refractivity contribution < 1.29 is 22.8 Å². The molecular formula is C20H21F3N2O2S. The van der Waals surface area contributed by atoms with Gasteiger partial charge in [-0.3, -0.25) is 9.59 Å². The van der Waals surface area contributed by atoms with Crippen molar-refractivity contribution in [3.8, 4) is 0 Å². The van der Waals surface area contributed by atoms with Crippen LogP contribution in [0.4, 0.5) is 13.2 Å². The lowest BCUT2D eigenvalue weighted by molar-refractivity contribution is -0.189. The van der Waals surface area contributed by atoms with Crippen LogP contribution in [0.1, 0.15) is 42.2 Å². The molecule has 0 radical (unpaired) electrons. The maximum absolute atomic E-state index is 13.4. The summed E-state index contributed by atoms with van der Waals surface area (Å²) in [6.07, 6.45) is -1.52. The molecule has 150 valence electrons. The zero-order valence-corrected chi connectivity index (χ0v) is 15.9. The summed E-state index contributed by atoms with van der Waals surface area (Å²) in [7, 11) is 0. The minimum absolute atomic E-state index is 0.0606. The Balaban J connectivity index is 1.95. The SMILES string of the molecule is O=C(NC1CCCC1)[C@@H](c1cccs1)N(Cc1ccccc1)C(=O)C(F)(F)F. The largest absolute Gasteiger partial charge is 0.471 e. The van der Waals surface area contributed by atoms with Crippen LogP contribution in [0.5, 0.6) is 0 Å². The molecule has 0 spiro atoms. The van der Waals surface area contributed by atoms with Crippen molar-refractivity contribution in [2.45, 2.75) is 50.5 Å². The molecule has 1 heterocycles. The molecule has 8 heteroatoms. The number of rotatable bonds is 6. The van der Waals surface area contributed by atoms with Crippen molar-refractivity contribution >= 4 is 23.2 Å². The molecule has 0 saturated heterocycles. The number of thiophene rings is 1. The van der Waals surface area contributed by atoms with Gasteiger partial charge in [-0.1, -0.05) is 49.2 Å². The number of alkyl halides is 3. The van der Waals surface area contributed by atoms with Crippen molar-refractivity contribution in [3.63, 3.8) is 0 Å². The topological polar surface area (TPSA) is 49.4 Å². The number of amides is 2. The van der Waals surface area contributed by atoms with E-state index in [2.05, 4.69) is 5.32 Å². The van der Waals surface area contributed by atoms with Crippen molar-refractivity contribution in [3.05, 3.63) is 58.3 Å². The highest BCUT2D eigenvalue weighted by Crippen LogP contribution is 2.32. The third kappa shape index (κ3) is 4.92. The lowest BCUT2D eigenvalue weighted by Crippen LogP contribution is -2.49. The maximum atomic E-state index is 13.4. The molecule has 4 nitrogen and oxygen atoms in total. The third-order valence-corrected chi connectivity index (χ3v) is 5.70. The Labute approximate surface area is 165 Å². The Morgan fingerprint density at radius 1 is 1.11 bits per heavy atom. The summed E-state index contributed by atoms with van der Waals surface area (Å²) < 4.78 is 40.1. The first kappa shape index (κ1) is 20.4. The first-order valence-electron chi connectivity index (χ1n) is 9.12. The van der Waals surface area contributed by atoms with Crippen LogP contribution >= 0.6 is 11.3 Å². The third-order valence-electron chi connectivity index (χ3n) is 4.77. The van der Waals surface area contributed by atoms with Gasteiger partial charge in [0.05, 0.1) is 0 Å². The van der Waals surface area contributed by atoms with Gasteiger partial charge in [-0.25, -0.2) is 0 Å². The number of carbonyl (C=O) groups is 2. The van der Waals surface area contributed by atoms with Gasteiger partial charge in [0, 0.05) is 17.5 Å². The van der Waals surface area contributed by atoms with E-state index in [1.807, 2.05) is 0 Å². The van der Waals surface area contributed by atoms with Crippen molar-refractivity contribution in [1.82, 2.24) is 10.2 Å². The van der Waals surface area contributed by atoms with E-state index in [-0.39, 0.29) is 12.6 Å². The molecule has 0 unspecified atom stereocenters. The van der Waals surface area contributed by atoms with E-state index in [4.69, 9.17) is 0 Å². The smallest absolute Gasteiger partial charge is 0.351 e. The second-order valence-corrected chi connectivity index (χ2v) is 7.80. The molecule has 1 atom stereocenters. The average Bonchev–Trinajstić information content (AvgIpc) is 3.35. The predicted molar refractivity (Wildman–Crippen MR) is 101 cm³/mol. The molecule has 1 aromatic carbocycles. The molecule has 2 amide bonds. The van der Waals surface area contributed by atoms with Gasteiger partial charge in [0.15, 0.2) is 0 Å². The van der Waals surface area contributed by atoms with Crippen LogP contribution < -0.4 is 5.32 Å². The van der Waals surface area contributed by atoms with Crippen LogP contribution in [0, 0.1) is 0 Å².